The molecule has 1 unspecified atom stereocenters. The molecule has 1 aromatic carbocycles. The van der Waals surface area contributed by atoms with Crippen LogP contribution in [0.25, 0.3) is 0 Å². The highest BCUT2D eigenvalue weighted by atomic mass is 35.5. The number of hydrogen-bond acceptors (Lipinski definition) is 6. The number of piperazine rings is 1. The van der Waals surface area contributed by atoms with Gasteiger partial charge in [-0.1, -0.05) is 48.3 Å². The second kappa shape index (κ2) is 9.56. The number of amides is 2. The normalized spacial score (nSPS) is 21.3. The van der Waals surface area contributed by atoms with Crippen LogP contribution in [0.1, 0.15) is 49.0 Å². The van der Waals surface area contributed by atoms with Crippen molar-refractivity contribution in [2.24, 2.45) is 0 Å². The van der Waals surface area contributed by atoms with E-state index in [0.717, 1.165) is 50.9 Å². The van der Waals surface area contributed by atoms with Gasteiger partial charge in [0.2, 0.25) is 0 Å². The van der Waals surface area contributed by atoms with E-state index in [-0.39, 0.29) is 24.5 Å². The van der Waals surface area contributed by atoms with Crippen LogP contribution in [0.15, 0.2) is 34.9 Å². The number of hydrogen-bond donors (Lipinski definition) is 3. The molecule has 1 saturated heterocycles. The molecular weight excluding hydrogens is 392 g/mol. The summed E-state index contributed by atoms with van der Waals surface area (Å²) in [5.41, 5.74) is 0.484. The summed E-state index contributed by atoms with van der Waals surface area (Å²) in [6, 6.07) is 9.76. The molecule has 2 amide bonds. The fraction of sp³-hybridized carbons (Fsp3) is 0.550. The van der Waals surface area contributed by atoms with Gasteiger partial charge in [0.15, 0.2) is 5.82 Å². The predicted octanol–water partition coefficient (Wildman–Crippen LogP) is 2.34. The summed E-state index contributed by atoms with van der Waals surface area (Å²) in [5.74, 6) is 1.20. The first-order valence-electron chi connectivity index (χ1n) is 10.0. The zero-order valence-electron chi connectivity index (χ0n) is 16.7. The van der Waals surface area contributed by atoms with E-state index in [9.17, 15) is 4.79 Å². The highest BCUT2D eigenvalue weighted by Gasteiger charge is 2.43. The van der Waals surface area contributed by atoms with Gasteiger partial charge in [-0.2, -0.15) is 4.98 Å². The maximum absolute atomic E-state index is 12.6. The van der Waals surface area contributed by atoms with Crippen molar-refractivity contribution in [3.05, 3.63) is 47.6 Å². The van der Waals surface area contributed by atoms with Crippen LogP contribution >= 0.6 is 12.4 Å². The third kappa shape index (κ3) is 4.88. The number of nitrogens with one attached hydrogen (secondary N) is 3. The van der Waals surface area contributed by atoms with Gasteiger partial charge in [-0.05, 0) is 25.5 Å². The summed E-state index contributed by atoms with van der Waals surface area (Å²) in [5, 5.41) is 13.7. The Labute approximate surface area is 177 Å². The molecule has 1 atom stereocenters. The highest BCUT2D eigenvalue weighted by molar-refractivity contribution is 5.85. The van der Waals surface area contributed by atoms with E-state index in [1.807, 2.05) is 30.3 Å². The molecule has 3 N–H and O–H groups in total. The Morgan fingerprint density at radius 3 is 2.79 bits per heavy atom. The molecule has 2 aromatic rings. The quantitative estimate of drug-likeness (QED) is 0.687. The number of aromatic nitrogens is 2. The van der Waals surface area contributed by atoms with Crippen molar-refractivity contribution in [1.82, 2.24) is 31.0 Å². The lowest BCUT2D eigenvalue weighted by molar-refractivity contribution is 0.188. The van der Waals surface area contributed by atoms with Crippen LogP contribution in [0.5, 0.6) is 0 Å². The van der Waals surface area contributed by atoms with Crippen LogP contribution in [0, 0.1) is 0 Å². The van der Waals surface area contributed by atoms with Crippen LogP contribution in [-0.4, -0.2) is 47.8 Å². The Morgan fingerprint density at radius 2 is 2.07 bits per heavy atom. The summed E-state index contributed by atoms with van der Waals surface area (Å²) in [7, 11) is 2.07. The zero-order chi connectivity index (χ0) is 19.4. The minimum Gasteiger partial charge on any atom is -0.337 e. The smallest absolute Gasteiger partial charge is 0.315 e. The van der Waals surface area contributed by atoms with E-state index in [2.05, 4.69) is 33.1 Å². The van der Waals surface area contributed by atoms with Crippen molar-refractivity contribution in [1.29, 1.82) is 0 Å². The average Bonchev–Trinajstić information content (AvgIpc) is 3.38. The Bertz CT molecular complexity index is 793. The standard InChI is InChI=1S/C20H28N6O2.ClH/c1-26-12-11-21-14-16(26)17-23-18(28-25-17)20(9-5-6-10-20)24-19(27)22-13-15-7-3-2-4-8-15;/h2-4,7-8,16,21H,5-6,9-14H2,1H3,(H2,22,24,27);1H. The summed E-state index contributed by atoms with van der Waals surface area (Å²) in [4.78, 5) is 19.5. The first-order valence-corrected chi connectivity index (χ1v) is 10.0. The molecule has 29 heavy (non-hydrogen) atoms. The largest absolute Gasteiger partial charge is 0.337 e. The molecule has 8 nitrogen and oxygen atoms in total. The molecule has 0 radical (unpaired) electrons. The molecule has 4 rings (SSSR count). The molecule has 2 heterocycles. The average molecular weight is 421 g/mol. The van der Waals surface area contributed by atoms with Gasteiger partial charge in [0.1, 0.15) is 5.54 Å². The Kier molecular flexibility index (Phi) is 7.10. The molecule has 0 spiro atoms. The number of benzene rings is 1. The van der Waals surface area contributed by atoms with Crippen LogP contribution in [0.3, 0.4) is 0 Å². The first-order chi connectivity index (χ1) is 13.7. The maximum atomic E-state index is 12.6. The number of likely N-dealkylation sites (N-methyl/N-ethyl adjacent to an activating group) is 1. The Balaban J connectivity index is 0.00000240. The van der Waals surface area contributed by atoms with E-state index in [4.69, 9.17) is 9.51 Å². The van der Waals surface area contributed by atoms with Crippen molar-refractivity contribution in [2.75, 3.05) is 26.7 Å². The summed E-state index contributed by atoms with van der Waals surface area (Å²) in [6.45, 7) is 3.19. The van der Waals surface area contributed by atoms with Gasteiger partial charge in [-0.3, -0.25) is 4.90 Å². The Morgan fingerprint density at radius 1 is 1.31 bits per heavy atom. The summed E-state index contributed by atoms with van der Waals surface area (Å²) < 4.78 is 5.66. The number of carbonyl (C=O) groups excluding carboxylic acids is 1. The van der Waals surface area contributed by atoms with E-state index >= 15 is 0 Å². The van der Waals surface area contributed by atoms with Crippen molar-refractivity contribution >= 4 is 18.4 Å². The zero-order valence-corrected chi connectivity index (χ0v) is 17.5. The molecule has 1 saturated carbocycles. The lowest BCUT2D eigenvalue weighted by atomic mass is 9.97. The molecule has 1 aliphatic carbocycles. The maximum Gasteiger partial charge on any atom is 0.315 e. The van der Waals surface area contributed by atoms with Crippen LogP contribution in [-0.2, 0) is 12.1 Å². The van der Waals surface area contributed by atoms with Crippen molar-refractivity contribution < 1.29 is 9.32 Å². The van der Waals surface area contributed by atoms with Gasteiger partial charge >= 0.3 is 6.03 Å². The van der Waals surface area contributed by atoms with Gasteiger partial charge in [0, 0.05) is 26.2 Å². The molecule has 1 aromatic heterocycles. The number of halogens is 1. The van der Waals surface area contributed by atoms with Gasteiger partial charge in [-0.15, -0.1) is 12.4 Å². The fourth-order valence-electron chi connectivity index (χ4n) is 4.07. The molecule has 9 heteroatoms. The van der Waals surface area contributed by atoms with Crippen LogP contribution in [0.2, 0.25) is 0 Å². The lowest BCUT2D eigenvalue weighted by Crippen LogP contribution is -2.48. The van der Waals surface area contributed by atoms with Gasteiger partial charge in [0.05, 0.1) is 6.04 Å². The molecule has 2 fully saturated rings. The lowest BCUT2D eigenvalue weighted by Gasteiger charge is -2.30. The number of nitrogens with zero attached hydrogens (tertiary/aromatic N) is 3. The van der Waals surface area contributed by atoms with Crippen molar-refractivity contribution in [3.8, 4) is 0 Å². The number of urea groups is 1. The van der Waals surface area contributed by atoms with E-state index in [0.29, 0.717) is 18.3 Å². The first kappa shape index (κ1) is 21.5. The van der Waals surface area contributed by atoms with Crippen molar-refractivity contribution in [2.45, 2.75) is 43.8 Å². The van der Waals surface area contributed by atoms with Gasteiger partial charge in [-0.25, -0.2) is 4.79 Å². The van der Waals surface area contributed by atoms with Gasteiger partial charge < -0.3 is 20.5 Å². The second-order valence-corrected chi connectivity index (χ2v) is 7.74. The van der Waals surface area contributed by atoms with Crippen LogP contribution < -0.4 is 16.0 Å². The van der Waals surface area contributed by atoms with E-state index in [1.54, 1.807) is 0 Å². The molecule has 2 aliphatic rings. The fourth-order valence-corrected chi connectivity index (χ4v) is 4.07. The van der Waals surface area contributed by atoms with E-state index in [1.165, 1.54) is 0 Å². The van der Waals surface area contributed by atoms with Crippen molar-refractivity contribution in [3.63, 3.8) is 0 Å². The van der Waals surface area contributed by atoms with Gasteiger partial charge in [0.25, 0.3) is 5.89 Å². The topological polar surface area (TPSA) is 95.3 Å². The monoisotopic (exact) mass is 420 g/mol. The minimum atomic E-state index is -0.577. The molecule has 158 valence electrons. The third-order valence-corrected chi connectivity index (χ3v) is 5.77. The highest BCUT2D eigenvalue weighted by Crippen LogP contribution is 2.38. The summed E-state index contributed by atoms with van der Waals surface area (Å²) in [6.07, 6.45) is 3.68. The minimum absolute atomic E-state index is 0. The molecular formula is C20H29ClN6O2. The molecule has 0 bridgehead atoms. The molecule has 1 aliphatic heterocycles. The second-order valence-electron chi connectivity index (χ2n) is 7.74. The predicted molar refractivity (Wildman–Crippen MR) is 112 cm³/mol. The van der Waals surface area contributed by atoms with E-state index < -0.39 is 5.54 Å². The van der Waals surface area contributed by atoms with Crippen LogP contribution in [0.4, 0.5) is 4.79 Å². The SMILES string of the molecule is CN1CCNCC1c1noc(C2(NC(=O)NCc3ccccc3)CCCC2)n1.Cl. The number of carbonyl (C=O) groups is 1. The number of rotatable bonds is 5. The third-order valence-electron chi connectivity index (χ3n) is 5.77. The Hall–Kier alpha value is -2.16. The summed E-state index contributed by atoms with van der Waals surface area (Å²) >= 11 is 0.